The van der Waals surface area contributed by atoms with Crippen LogP contribution in [0.4, 0.5) is 4.79 Å². The monoisotopic (exact) mass is 224 g/mol. The van der Waals surface area contributed by atoms with Crippen LogP contribution < -0.4 is 5.32 Å². The van der Waals surface area contributed by atoms with Gasteiger partial charge in [0.15, 0.2) is 0 Å². The molecule has 2 N–H and O–H groups in total. The molecule has 1 saturated heterocycles. The average molecular weight is 225 g/mol. The van der Waals surface area contributed by atoms with Crippen molar-refractivity contribution in [3.63, 3.8) is 0 Å². The highest BCUT2D eigenvalue weighted by Crippen LogP contribution is 2.02. The van der Waals surface area contributed by atoms with Gasteiger partial charge in [0, 0.05) is 13.1 Å². The minimum atomic E-state index is -0.206. The standard InChI is InChI=1S/C8H16N2O3.ClH/c11-6-3-9-2-1-4-10-5-7-13-8(10)12;/h9,11H,1-7H2;1H. The number of hydrogen-bond acceptors (Lipinski definition) is 4. The number of carbonyl (C=O) groups excluding carboxylic acids is 1. The Labute approximate surface area is 89.8 Å². The Kier molecular flexibility index (Phi) is 7.55. The minimum absolute atomic E-state index is 0. The van der Waals surface area contributed by atoms with Crippen LogP contribution in [0.1, 0.15) is 6.42 Å². The van der Waals surface area contributed by atoms with Gasteiger partial charge in [-0.3, -0.25) is 0 Å². The van der Waals surface area contributed by atoms with Gasteiger partial charge in [-0.1, -0.05) is 0 Å². The molecule has 0 aromatic rings. The van der Waals surface area contributed by atoms with Crippen molar-refractivity contribution < 1.29 is 14.6 Å². The van der Waals surface area contributed by atoms with Crippen LogP contribution in [-0.2, 0) is 4.74 Å². The van der Waals surface area contributed by atoms with Gasteiger partial charge in [0.1, 0.15) is 6.61 Å². The quantitative estimate of drug-likeness (QED) is 0.616. The molecular weight excluding hydrogens is 208 g/mol. The number of nitrogens with zero attached hydrogens (tertiary/aromatic N) is 1. The first-order valence-corrected chi connectivity index (χ1v) is 4.58. The lowest BCUT2D eigenvalue weighted by molar-refractivity contribution is 0.158. The Hall–Kier alpha value is -0.520. The van der Waals surface area contributed by atoms with Gasteiger partial charge in [-0.05, 0) is 13.0 Å². The summed E-state index contributed by atoms with van der Waals surface area (Å²) in [5, 5.41) is 11.5. The second kappa shape index (κ2) is 7.84. The largest absolute Gasteiger partial charge is 0.448 e. The zero-order valence-corrected chi connectivity index (χ0v) is 8.89. The number of hydrogen-bond donors (Lipinski definition) is 2. The van der Waals surface area contributed by atoms with Crippen LogP contribution in [0, 0.1) is 0 Å². The van der Waals surface area contributed by atoms with Crippen LogP contribution in [-0.4, -0.2) is 55.5 Å². The highest BCUT2D eigenvalue weighted by atomic mass is 35.5. The van der Waals surface area contributed by atoms with Crippen LogP contribution in [0.25, 0.3) is 0 Å². The first kappa shape index (κ1) is 13.5. The molecule has 0 aromatic carbocycles. The second-order valence-electron chi connectivity index (χ2n) is 2.93. The van der Waals surface area contributed by atoms with E-state index in [-0.39, 0.29) is 25.1 Å². The molecule has 0 aliphatic carbocycles. The van der Waals surface area contributed by atoms with Gasteiger partial charge >= 0.3 is 6.09 Å². The Morgan fingerprint density at radius 1 is 1.50 bits per heavy atom. The maximum atomic E-state index is 10.9. The highest BCUT2D eigenvalue weighted by molar-refractivity contribution is 5.85. The molecule has 0 bridgehead atoms. The van der Waals surface area contributed by atoms with Crippen molar-refractivity contribution in [1.82, 2.24) is 10.2 Å². The molecule has 14 heavy (non-hydrogen) atoms. The van der Waals surface area contributed by atoms with Crippen LogP contribution in [0.5, 0.6) is 0 Å². The van der Waals surface area contributed by atoms with E-state index in [0.717, 1.165) is 19.5 Å². The molecule has 5 nitrogen and oxygen atoms in total. The maximum Gasteiger partial charge on any atom is 0.409 e. The number of amides is 1. The number of ether oxygens (including phenoxy) is 1. The van der Waals surface area contributed by atoms with Gasteiger partial charge in [-0.15, -0.1) is 12.4 Å². The fraction of sp³-hybridized carbons (Fsp3) is 0.875. The van der Waals surface area contributed by atoms with Gasteiger partial charge in [0.05, 0.1) is 13.2 Å². The van der Waals surface area contributed by atoms with E-state index in [1.165, 1.54) is 0 Å². The van der Waals surface area contributed by atoms with Gasteiger partial charge in [-0.2, -0.15) is 0 Å². The molecule has 1 aliphatic heterocycles. The van der Waals surface area contributed by atoms with E-state index in [4.69, 9.17) is 9.84 Å². The van der Waals surface area contributed by atoms with Gasteiger partial charge in [0.2, 0.25) is 0 Å². The molecule has 1 fully saturated rings. The van der Waals surface area contributed by atoms with Crippen molar-refractivity contribution in [2.24, 2.45) is 0 Å². The zero-order valence-electron chi connectivity index (χ0n) is 8.07. The van der Waals surface area contributed by atoms with Crippen LogP contribution in [0.2, 0.25) is 0 Å². The molecule has 0 saturated carbocycles. The molecule has 1 aliphatic rings. The summed E-state index contributed by atoms with van der Waals surface area (Å²) < 4.78 is 4.77. The van der Waals surface area contributed by atoms with E-state index in [9.17, 15) is 4.79 Å². The molecule has 1 heterocycles. The summed E-state index contributed by atoms with van der Waals surface area (Å²) >= 11 is 0. The van der Waals surface area contributed by atoms with E-state index in [0.29, 0.717) is 19.7 Å². The number of halogens is 1. The van der Waals surface area contributed by atoms with Crippen molar-refractivity contribution >= 4 is 18.5 Å². The number of aliphatic hydroxyl groups excluding tert-OH is 1. The van der Waals surface area contributed by atoms with Crippen molar-refractivity contribution in [3.05, 3.63) is 0 Å². The molecule has 1 amide bonds. The molecule has 0 aromatic heterocycles. The fourth-order valence-corrected chi connectivity index (χ4v) is 1.23. The van der Waals surface area contributed by atoms with Gasteiger partial charge < -0.3 is 20.1 Å². The molecule has 6 heteroatoms. The van der Waals surface area contributed by atoms with Gasteiger partial charge in [0.25, 0.3) is 0 Å². The summed E-state index contributed by atoms with van der Waals surface area (Å²) in [5.41, 5.74) is 0. The first-order chi connectivity index (χ1) is 6.34. The van der Waals surface area contributed by atoms with E-state index in [1.54, 1.807) is 4.90 Å². The van der Waals surface area contributed by atoms with Crippen molar-refractivity contribution in [1.29, 1.82) is 0 Å². The first-order valence-electron chi connectivity index (χ1n) is 4.58. The minimum Gasteiger partial charge on any atom is -0.448 e. The topological polar surface area (TPSA) is 61.8 Å². The third-order valence-corrected chi connectivity index (χ3v) is 1.92. The number of carbonyl (C=O) groups is 1. The third kappa shape index (κ3) is 4.64. The van der Waals surface area contributed by atoms with Crippen molar-refractivity contribution in [2.75, 3.05) is 39.4 Å². The second-order valence-corrected chi connectivity index (χ2v) is 2.93. The smallest absolute Gasteiger partial charge is 0.409 e. The Morgan fingerprint density at radius 3 is 2.86 bits per heavy atom. The normalized spacial score (nSPS) is 15.2. The number of nitrogens with one attached hydrogen (secondary N) is 1. The molecule has 0 radical (unpaired) electrons. The lowest BCUT2D eigenvalue weighted by atomic mass is 10.4. The predicted molar refractivity (Wildman–Crippen MR) is 54.7 cm³/mol. The predicted octanol–water partition coefficient (Wildman–Crippen LogP) is -0.168. The molecule has 1 rings (SSSR count). The van der Waals surface area contributed by atoms with Crippen LogP contribution in [0.15, 0.2) is 0 Å². The molecule has 84 valence electrons. The van der Waals surface area contributed by atoms with E-state index in [2.05, 4.69) is 5.32 Å². The zero-order chi connectivity index (χ0) is 9.52. The average Bonchev–Trinajstić information content (AvgIpc) is 2.52. The lowest BCUT2D eigenvalue weighted by Gasteiger charge is -2.11. The van der Waals surface area contributed by atoms with Crippen LogP contribution in [0.3, 0.4) is 0 Å². The van der Waals surface area contributed by atoms with E-state index >= 15 is 0 Å². The summed E-state index contributed by atoms with van der Waals surface area (Å²) in [4.78, 5) is 12.6. The van der Waals surface area contributed by atoms with Gasteiger partial charge in [-0.25, -0.2) is 4.79 Å². The summed E-state index contributed by atoms with van der Waals surface area (Å²) in [6, 6.07) is 0. The van der Waals surface area contributed by atoms with Crippen LogP contribution >= 0.6 is 12.4 Å². The summed E-state index contributed by atoms with van der Waals surface area (Å²) in [5.74, 6) is 0. The summed E-state index contributed by atoms with van der Waals surface area (Å²) in [6.45, 7) is 3.56. The number of cyclic esters (lactones) is 1. The molecular formula is C8H17ClN2O3. The Morgan fingerprint density at radius 2 is 2.29 bits per heavy atom. The molecule has 0 unspecified atom stereocenters. The van der Waals surface area contributed by atoms with Crippen molar-refractivity contribution in [3.8, 4) is 0 Å². The molecule has 0 atom stereocenters. The lowest BCUT2D eigenvalue weighted by Crippen LogP contribution is -2.28. The Balaban J connectivity index is 0.00000169. The maximum absolute atomic E-state index is 10.9. The summed E-state index contributed by atoms with van der Waals surface area (Å²) in [7, 11) is 0. The number of aliphatic hydroxyl groups is 1. The third-order valence-electron chi connectivity index (χ3n) is 1.92. The number of rotatable bonds is 6. The SMILES string of the molecule is Cl.O=C1OCCN1CCCNCCO. The summed E-state index contributed by atoms with van der Waals surface area (Å²) in [6.07, 6.45) is 0.692. The van der Waals surface area contributed by atoms with Crippen molar-refractivity contribution in [2.45, 2.75) is 6.42 Å². The highest BCUT2D eigenvalue weighted by Gasteiger charge is 2.20. The molecule has 0 spiro atoms. The van der Waals surface area contributed by atoms with E-state index < -0.39 is 0 Å². The fourth-order valence-electron chi connectivity index (χ4n) is 1.23. The van der Waals surface area contributed by atoms with E-state index in [1.807, 2.05) is 0 Å². The Bertz CT molecular complexity index is 169.